The molecule has 1 amide bonds. The van der Waals surface area contributed by atoms with Crippen molar-refractivity contribution < 1.29 is 19.1 Å². The van der Waals surface area contributed by atoms with E-state index >= 15 is 0 Å². The fourth-order valence-electron chi connectivity index (χ4n) is 2.56. The summed E-state index contributed by atoms with van der Waals surface area (Å²) >= 11 is 0. The SMILES string of the molecule is O=C(CNOC1CCCC1)Nc1ccc2c(c1)OCCO2. The first kappa shape index (κ1) is 14.2. The summed E-state index contributed by atoms with van der Waals surface area (Å²) in [5, 5.41) is 2.80. The molecule has 21 heavy (non-hydrogen) atoms. The van der Waals surface area contributed by atoms with E-state index in [9.17, 15) is 4.79 Å². The normalized spacial score (nSPS) is 17.7. The van der Waals surface area contributed by atoms with E-state index in [1.807, 2.05) is 0 Å². The first-order valence-electron chi connectivity index (χ1n) is 7.39. The highest BCUT2D eigenvalue weighted by Gasteiger charge is 2.16. The monoisotopic (exact) mass is 292 g/mol. The molecule has 1 aromatic rings. The van der Waals surface area contributed by atoms with Gasteiger partial charge in [-0.25, -0.2) is 0 Å². The third-order valence-electron chi connectivity index (χ3n) is 3.61. The standard InChI is InChI=1S/C15H20N2O4/c18-15(10-16-21-12-3-1-2-4-12)17-11-5-6-13-14(9-11)20-8-7-19-13/h5-6,9,12,16H,1-4,7-8,10H2,(H,17,18). The van der Waals surface area contributed by atoms with Crippen molar-refractivity contribution >= 4 is 11.6 Å². The van der Waals surface area contributed by atoms with Crippen LogP contribution in [0.5, 0.6) is 11.5 Å². The Morgan fingerprint density at radius 1 is 1.19 bits per heavy atom. The first-order valence-corrected chi connectivity index (χ1v) is 7.39. The molecule has 0 saturated heterocycles. The number of fused-ring (bicyclic) bond motifs is 1. The van der Waals surface area contributed by atoms with Crippen molar-refractivity contribution in [3.8, 4) is 11.5 Å². The van der Waals surface area contributed by atoms with Crippen molar-refractivity contribution in [3.63, 3.8) is 0 Å². The van der Waals surface area contributed by atoms with Crippen LogP contribution in [0, 0.1) is 0 Å². The Kier molecular flexibility index (Phi) is 4.57. The molecule has 3 rings (SSSR count). The predicted molar refractivity (Wildman–Crippen MR) is 77.4 cm³/mol. The third kappa shape index (κ3) is 3.86. The Morgan fingerprint density at radius 2 is 1.95 bits per heavy atom. The number of hydroxylamine groups is 1. The van der Waals surface area contributed by atoms with Gasteiger partial charge in [-0.15, -0.1) is 0 Å². The fraction of sp³-hybridized carbons (Fsp3) is 0.533. The number of carbonyl (C=O) groups excluding carboxylic acids is 1. The number of amides is 1. The van der Waals surface area contributed by atoms with Gasteiger partial charge < -0.3 is 14.8 Å². The molecule has 2 aliphatic rings. The van der Waals surface area contributed by atoms with Crippen molar-refractivity contribution in [1.29, 1.82) is 0 Å². The van der Waals surface area contributed by atoms with Crippen LogP contribution in [0.2, 0.25) is 0 Å². The van der Waals surface area contributed by atoms with Crippen LogP contribution in [-0.4, -0.2) is 31.8 Å². The molecule has 6 heteroatoms. The highest BCUT2D eigenvalue weighted by molar-refractivity contribution is 5.92. The minimum absolute atomic E-state index is 0.130. The number of carbonyl (C=O) groups is 1. The first-order chi connectivity index (χ1) is 10.3. The van der Waals surface area contributed by atoms with E-state index < -0.39 is 0 Å². The quantitative estimate of drug-likeness (QED) is 0.811. The molecule has 0 bridgehead atoms. The van der Waals surface area contributed by atoms with Crippen molar-refractivity contribution in [2.75, 3.05) is 25.1 Å². The Bertz CT molecular complexity index is 500. The minimum Gasteiger partial charge on any atom is -0.486 e. The zero-order chi connectivity index (χ0) is 14.5. The van der Waals surface area contributed by atoms with Crippen LogP contribution in [0.25, 0.3) is 0 Å². The van der Waals surface area contributed by atoms with Crippen LogP contribution in [0.4, 0.5) is 5.69 Å². The molecule has 1 fully saturated rings. The second-order valence-electron chi connectivity index (χ2n) is 5.25. The van der Waals surface area contributed by atoms with Crippen molar-refractivity contribution in [2.24, 2.45) is 0 Å². The van der Waals surface area contributed by atoms with Gasteiger partial charge in [0, 0.05) is 11.8 Å². The van der Waals surface area contributed by atoms with Gasteiger partial charge in [-0.3, -0.25) is 9.63 Å². The maximum absolute atomic E-state index is 11.8. The predicted octanol–water partition coefficient (Wildman–Crippen LogP) is 1.86. The molecule has 1 saturated carbocycles. The molecule has 0 atom stereocenters. The van der Waals surface area contributed by atoms with Gasteiger partial charge in [-0.05, 0) is 25.0 Å². The molecule has 0 aromatic heterocycles. The summed E-state index contributed by atoms with van der Waals surface area (Å²) in [6, 6.07) is 5.36. The highest BCUT2D eigenvalue weighted by atomic mass is 16.7. The van der Waals surface area contributed by atoms with Crippen molar-refractivity contribution in [2.45, 2.75) is 31.8 Å². The van der Waals surface area contributed by atoms with Crippen LogP contribution >= 0.6 is 0 Å². The summed E-state index contributed by atoms with van der Waals surface area (Å²) in [6.07, 6.45) is 4.78. The zero-order valence-electron chi connectivity index (χ0n) is 11.9. The van der Waals surface area contributed by atoms with E-state index in [0.717, 1.165) is 12.8 Å². The highest BCUT2D eigenvalue weighted by Crippen LogP contribution is 2.32. The molecule has 1 heterocycles. The number of benzene rings is 1. The van der Waals surface area contributed by atoms with E-state index in [4.69, 9.17) is 14.3 Å². The van der Waals surface area contributed by atoms with Crippen LogP contribution < -0.4 is 20.3 Å². The van der Waals surface area contributed by atoms with Gasteiger partial charge in [-0.2, -0.15) is 5.48 Å². The van der Waals surface area contributed by atoms with Gasteiger partial charge in [-0.1, -0.05) is 12.8 Å². The van der Waals surface area contributed by atoms with Gasteiger partial charge in [0.05, 0.1) is 6.10 Å². The Balaban J connectivity index is 1.45. The fourth-order valence-corrected chi connectivity index (χ4v) is 2.56. The van der Waals surface area contributed by atoms with Crippen molar-refractivity contribution in [3.05, 3.63) is 18.2 Å². The van der Waals surface area contributed by atoms with Crippen LogP contribution in [0.1, 0.15) is 25.7 Å². The molecule has 1 aliphatic carbocycles. The molecular formula is C15H20N2O4. The Morgan fingerprint density at radius 3 is 2.76 bits per heavy atom. The summed E-state index contributed by atoms with van der Waals surface area (Å²) in [5.41, 5.74) is 3.43. The molecule has 0 spiro atoms. The molecular weight excluding hydrogens is 272 g/mol. The third-order valence-corrected chi connectivity index (χ3v) is 3.61. The van der Waals surface area contributed by atoms with Gasteiger partial charge in [0.25, 0.3) is 0 Å². The van der Waals surface area contributed by atoms with E-state index in [-0.39, 0.29) is 18.6 Å². The summed E-state index contributed by atoms with van der Waals surface area (Å²) < 4.78 is 10.9. The molecule has 6 nitrogen and oxygen atoms in total. The second kappa shape index (κ2) is 6.78. The summed E-state index contributed by atoms with van der Waals surface area (Å²) in [7, 11) is 0. The summed E-state index contributed by atoms with van der Waals surface area (Å²) in [5.74, 6) is 1.22. The van der Waals surface area contributed by atoms with Gasteiger partial charge in [0.15, 0.2) is 11.5 Å². The molecule has 1 aliphatic heterocycles. The summed E-state index contributed by atoms with van der Waals surface area (Å²) in [4.78, 5) is 17.3. The number of rotatable bonds is 5. The largest absolute Gasteiger partial charge is 0.486 e. The Hall–Kier alpha value is -1.79. The number of ether oxygens (including phenoxy) is 2. The van der Waals surface area contributed by atoms with Crippen LogP contribution in [0.15, 0.2) is 18.2 Å². The minimum atomic E-state index is -0.148. The lowest BCUT2D eigenvalue weighted by molar-refractivity contribution is -0.119. The lowest BCUT2D eigenvalue weighted by Crippen LogP contribution is -2.31. The van der Waals surface area contributed by atoms with Crippen molar-refractivity contribution in [1.82, 2.24) is 5.48 Å². The molecule has 0 unspecified atom stereocenters. The maximum atomic E-state index is 11.8. The van der Waals surface area contributed by atoms with Crippen LogP contribution in [0.3, 0.4) is 0 Å². The number of nitrogens with one attached hydrogen (secondary N) is 2. The number of anilines is 1. The summed E-state index contributed by atoms with van der Waals surface area (Å²) in [6.45, 7) is 1.22. The van der Waals surface area contributed by atoms with E-state index in [0.29, 0.717) is 30.4 Å². The average Bonchev–Trinajstić information content (AvgIpc) is 3.00. The lowest BCUT2D eigenvalue weighted by Gasteiger charge is -2.19. The number of hydrogen-bond donors (Lipinski definition) is 2. The number of hydrogen-bond acceptors (Lipinski definition) is 5. The van der Waals surface area contributed by atoms with Gasteiger partial charge in [0.1, 0.15) is 19.8 Å². The molecule has 0 radical (unpaired) electrons. The van der Waals surface area contributed by atoms with Gasteiger partial charge >= 0.3 is 0 Å². The maximum Gasteiger partial charge on any atom is 0.240 e. The average molecular weight is 292 g/mol. The Labute approximate surface area is 123 Å². The topological polar surface area (TPSA) is 68.8 Å². The van der Waals surface area contributed by atoms with E-state index in [2.05, 4.69) is 10.8 Å². The molecule has 1 aromatic carbocycles. The molecule has 114 valence electrons. The zero-order valence-corrected chi connectivity index (χ0v) is 11.9. The second-order valence-corrected chi connectivity index (χ2v) is 5.25. The van der Waals surface area contributed by atoms with E-state index in [1.165, 1.54) is 12.8 Å². The lowest BCUT2D eigenvalue weighted by atomic mass is 10.2. The molecule has 2 N–H and O–H groups in total. The van der Waals surface area contributed by atoms with Crippen LogP contribution in [-0.2, 0) is 9.63 Å². The smallest absolute Gasteiger partial charge is 0.240 e. The van der Waals surface area contributed by atoms with E-state index in [1.54, 1.807) is 18.2 Å². The van der Waals surface area contributed by atoms with Gasteiger partial charge in [0.2, 0.25) is 5.91 Å².